The number of nitrogens with one attached hydrogen (secondary N) is 1. The maximum absolute atomic E-state index is 13.1. The fraction of sp³-hybridized carbons (Fsp3) is 0.160. The second-order valence-electron chi connectivity index (χ2n) is 7.71. The Labute approximate surface area is 187 Å². The molecule has 0 radical (unpaired) electrons. The summed E-state index contributed by atoms with van der Waals surface area (Å²) >= 11 is 0. The molecule has 4 rings (SSSR count). The lowest BCUT2D eigenvalue weighted by Crippen LogP contribution is -2.26. The van der Waals surface area contributed by atoms with Crippen LogP contribution in [0.15, 0.2) is 86.9 Å². The highest BCUT2D eigenvalue weighted by molar-refractivity contribution is 7.92. The van der Waals surface area contributed by atoms with Crippen LogP contribution in [-0.4, -0.2) is 15.5 Å². The molecule has 0 aliphatic heterocycles. The SMILES string of the molecule is Cc1cc2oc(=O)cc(CNc3cccc(S(=O)(=O)N(C)c4ccccc4)c3)c2cc1C. The Morgan fingerprint density at radius 3 is 2.38 bits per heavy atom. The van der Waals surface area contributed by atoms with E-state index in [0.717, 1.165) is 22.1 Å². The van der Waals surface area contributed by atoms with Crippen LogP contribution in [0.1, 0.15) is 16.7 Å². The third-order valence-electron chi connectivity index (χ3n) is 5.54. The van der Waals surface area contributed by atoms with Crippen molar-refractivity contribution in [2.45, 2.75) is 25.3 Å². The topological polar surface area (TPSA) is 79.6 Å². The molecule has 1 aromatic heterocycles. The average molecular weight is 449 g/mol. The number of aryl methyl sites for hydroxylation is 2. The Morgan fingerprint density at radius 1 is 0.906 bits per heavy atom. The Bertz CT molecular complexity index is 1440. The molecule has 0 amide bonds. The van der Waals surface area contributed by atoms with Gasteiger partial charge in [-0.25, -0.2) is 13.2 Å². The molecule has 0 aliphatic carbocycles. The third kappa shape index (κ3) is 4.24. The summed E-state index contributed by atoms with van der Waals surface area (Å²) in [7, 11) is -2.19. The smallest absolute Gasteiger partial charge is 0.336 e. The first-order valence-electron chi connectivity index (χ1n) is 10.2. The molecule has 0 aliphatic rings. The fourth-order valence-corrected chi connectivity index (χ4v) is 4.77. The van der Waals surface area contributed by atoms with Crippen LogP contribution < -0.4 is 15.2 Å². The highest BCUT2D eigenvalue weighted by Gasteiger charge is 2.21. The molecule has 164 valence electrons. The Balaban J connectivity index is 1.62. The fourth-order valence-electron chi connectivity index (χ4n) is 3.53. The normalized spacial score (nSPS) is 11.5. The quantitative estimate of drug-likeness (QED) is 0.427. The molecular weight excluding hydrogens is 424 g/mol. The molecule has 0 unspecified atom stereocenters. The molecule has 32 heavy (non-hydrogen) atoms. The summed E-state index contributed by atoms with van der Waals surface area (Å²) < 4.78 is 32.8. The standard InChI is InChI=1S/C25H24N2O4S/c1-17-12-23-19(14-25(28)31-24(23)13-18(17)2)16-26-20-8-7-11-22(15-20)32(29,30)27(3)21-9-5-4-6-10-21/h4-15,26H,16H2,1-3H3. The molecule has 0 saturated heterocycles. The van der Waals surface area contributed by atoms with E-state index in [1.54, 1.807) is 48.5 Å². The van der Waals surface area contributed by atoms with E-state index in [0.29, 0.717) is 23.5 Å². The van der Waals surface area contributed by atoms with Crippen molar-refractivity contribution in [2.75, 3.05) is 16.7 Å². The average Bonchev–Trinajstić information content (AvgIpc) is 2.79. The van der Waals surface area contributed by atoms with Gasteiger partial charge in [-0.1, -0.05) is 24.3 Å². The van der Waals surface area contributed by atoms with Crippen molar-refractivity contribution in [1.29, 1.82) is 0 Å². The molecule has 0 bridgehead atoms. The van der Waals surface area contributed by atoms with Gasteiger partial charge in [0.15, 0.2) is 0 Å². The number of fused-ring (bicyclic) bond motifs is 1. The second-order valence-corrected chi connectivity index (χ2v) is 9.68. The summed E-state index contributed by atoms with van der Waals surface area (Å²) in [6, 6.07) is 20.9. The summed E-state index contributed by atoms with van der Waals surface area (Å²) in [5.41, 5.74) is 4.28. The van der Waals surface area contributed by atoms with Gasteiger partial charge in [-0.05, 0) is 73.0 Å². The minimum Gasteiger partial charge on any atom is -0.423 e. The lowest BCUT2D eigenvalue weighted by molar-refractivity contribution is 0.559. The zero-order valence-electron chi connectivity index (χ0n) is 18.1. The summed E-state index contributed by atoms with van der Waals surface area (Å²) in [4.78, 5) is 12.2. The number of hydrogen-bond donors (Lipinski definition) is 1. The van der Waals surface area contributed by atoms with E-state index in [1.807, 2.05) is 32.0 Å². The second kappa shape index (κ2) is 8.51. The van der Waals surface area contributed by atoms with Crippen LogP contribution in [0.5, 0.6) is 0 Å². The number of para-hydroxylation sites is 1. The first kappa shape index (κ1) is 21.6. The molecule has 1 N–H and O–H groups in total. The van der Waals surface area contributed by atoms with Crippen molar-refractivity contribution in [3.8, 4) is 0 Å². The number of benzene rings is 3. The monoisotopic (exact) mass is 448 g/mol. The van der Waals surface area contributed by atoms with Gasteiger partial charge in [0.05, 0.1) is 10.6 Å². The van der Waals surface area contributed by atoms with Gasteiger partial charge in [0.1, 0.15) is 5.58 Å². The number of sulfonamides is 1. The molecule has 0 saturated carbocycles. The Kier molecular flexibility index (Phi) is 5.76. The molecule has 4 aromatic rings. The molecule has 0 atom stereocenters. The highest BCUT2D eigenvalue weighted by Crippen LogP contribution is 2.25. The van der Waals surface area contributed by atoms with E-state index >= 15 is 0 Å². The van der Waals surface area contributed by atoms with E-state index < -0.39 is 15.6 Å². The Hall–Kier alpha value is -3.58. The Morgan fingerprint density at radius 2 is 1.62 bits per heavy atom. The van der Waals surface area contributed by atoms with Gasteiger partial charge in [-0.2, -0.15) is 0 Å². The molecule has 1 heterocycles. The zero-order chi connectivity index (χ0) is 22.9. The van der Waals surface area contributed by atoms with Gasteiger partial charge in [0, 0.05) is 30.7 Å². The van der Waals surface area contributed by atoms with Crippen molar-refractivity contribution in [1.82, 2.24) is 0 Å². The zero-order valence-corrected chi connectivity index (χ0v) is 18.9. The molecule has 7 heteroatoms. The first-order valence-corrected chi connectivity index (χ1v) is 11.6. The lowest BCUT2D eigenvalue weighted by atomic mass is 10.0. The molecule has 3 aromatic carbocycles. The van der Waals surface area contributed by atoms with Crippen molar-refractivity contribution in [2.24, 2.45) is 0 Å². The van der Waals surface area contributed by atoms with E-state index in [9.17, 15) is 13.2 Å². The van der Waals surface area contributed by atoms with E-state index in [-0.39, 0.29) is 4.90 Å². The van der Waals surface area contributed by atoms with Crippen molar-refractivity contribution >= 4 is 32.4 Å². The van der Waals surface area contributed by atoms with Gasteiger partial charge in [-0.3, -0.25) is 4.31 Å². The number of hydrogen-bond acceptors (Lipinski definition) is 5. The number of anilines is 2. The van der Waals surface area contributed by atoms with Crippen molar-refractivity contribution < 1.29 is 12.8 Å². The molecule has 6 nitrogen and oxygen atoms in total. The van der Waals surface area contributed by atoms with Crippen LogP contribution in [0.4, 0.5) is 11.4 Å². The third-order valence-corrected chi connectivity index (χ3v) is 7.32. The van der Waals surface area contributed by atoms with Gasteiger partial charge < -0.3 is 9.73 Å². The summed E-state index contributed by atoms with van der Waals surface area (Å²) in [6.45, 7) is 4.33. The van der Waals surface area contributed by atoms with Crippen molar-refractivity contribution in [3.63, 3.8) is 0 Å². The minimum atomic E-state index is -3.72. The van der Waals surface area contributed by atoms with Gasteiger partial charge in [-0.15, -0.1) is 0 Å². The van der Waals surface area contributed by atoms with Crippen LogP contribution in [0, 0.1) is 13.8 Å². The highest BCUT2D eigenvalue weighted by atomic mass is 32.2. The van der Waals surface area contributed by atoms with Crippen LogP contribution in [0.2, 0.25) is 0 Å². The summed E-state index contributed by atoms with van der Waals surface area (Å²) in [5, 5.41) is 4.10. The maximum atomic E-state index is 13.1. The lowest BCUT2D eigenvalue weighted by Gasteiger charge is -2.20. The van der Waals surface area contributed by atoms with Crippen LogP contribution in [0.3, 0.4) is 0 Å². The minimum absolute atomic E-state index is 0.178. The van der Waals surface area contributed by atoms with E-state index in [4.69, 9.17) is 4.42 Å². The predicted molar refractivity (Wildman–Crippen MR) is 128 cm³/mol. The first-order chi connectivity index (χ1) is 15.3. The van der Waals surface area contributed by atoms with Gasteiger partial charge >= 0.3 is 5.63 Å². The van der Waals surface area contributed by atoms with Crippen LogP contribution in [-0.2, 0) is 16.6 Å². The largest absolute Gasteiger partial charge is 0.423 e. The van der Waals surface area contributed by atoms with Crippen LogP contribution in [0.25, 0.3) is 11.0 Å². The van der Waals surface area contributed by atoms with Crippen LogP contribution >= 0.6 is 0 Å². The number of nitrogens with zero attached hydrogens (tertiary/aromatic N) is 1. The van der Waals surface area contributed by atoms with Crippen molar-refractivity contribution in [3.05, 3.63) is 99.9 Å². The predicted octanol–water partition coefficient (Wildman–Crippen LogP) is 4.85. The van der Waals surface area contributed by atoms with Gasteiger partial charge in [0.2, 0.25) is 0 Å². The summed E-state index contributed by atoms with van der Waals surface area (Å²) in [5.74, 6) is 0. The molecular formula is C25H24N2O4S. The maximum Gasteiger partial charge on any atom is 0.336 e. The molecule has 0 spiro atoms. The molecule has 0 fully saturated rings. The number of rotatable bonds is 6. The van der Waals surface area contributed by atoms with E-state index in [1.165, 1.54) is 17.4 Å². The van der Waals surface area contributed by atoms with E-state index in [2.05, 4.69) is 5.32 Å². The summed E-state index contributed by atoms with van der Waals surface area (Å²) in [6.07, 6.45) is 0. The van der Waals surface area contributed by atoms with Gasteiger partial charge in [0.25, 0.3) is 10.0 Å².